The SMILES string of the molecule is [2H]C(=O)COC[C@H]1OC(OCC(=O)OCc2ccccc2)[C@@H](OCC([2H])=O)[C@@H](OCC([2H])=O)[C@@H]1OCC([2H])=O. The number of carbonyl (C=O) groups excluding carboxylic acids is 5. The highest BCUT2D eigenvalue weighted by Crippen LogP contribution is 2.29. The topological polar surface area (TPSA) is 150 Å². The van der Waals surface area contributed by atoms with Crippen LogP contribution in [0.5, 0.6) is 0 Å². The lowest BCUT2D eigenvalue weighted by molar-refractivity contribution is -0.318. The van der Waals surface area contributed by atoms with Crippen LogP contribution in [0.2, 0.25) is 0 Å². The van der Waals surface area contributed by atoms with Crippen LogP contribution >= 0.6 is 0 Å². The van der Waals surface area contributed by atoms with Crippen molar-refractivity contribution in [2.45, 2.75) is 37.3 Å². The number of ether oxygens (including phenoxy) is 7. The van der Waals surface area contributed by atoms with E-state index in [9.17, 15) is 24.0 Å². The predicted molar refractivity (Wildman–Crippen MR) is 115 cm³/mol. The number of rotatable bonds is 18. The van der Waals surface area contributed by atoms with Gasteiger partial charge in [-0.1, -0.05) is 30.3 Å². The fraction of sp³-hybridized carbons (Fsp3) is 0.522. The molecule has 12 nitrogen and oxygen atoms in total. The minimum atomic E-state index is -1.52. The summed E-state index contributed by atoms with van der Waals surface area (Å²) in [5.74, 6) is -0.803. The van der Waals surface area contributed by atoms with Crippen molar-refractivity contribution in [3.8, 4) is 0 Å². The van der Waals surface area contributed by atoms with Crippen molar-refractivity contribution in [2.75, 3.05) is 39.6 Å². The first-order chi connectivity index (χ1) is 18.6. The number of carbonyl (C=O) groups is 5. The maximum absolute atomic E-state index is 12.3. The summed E-state index contributed by atoms with van der Waals surface area (Å²) in [6, 6.07) is 8.79. The number of aldehydes is 4. The lowest BCUT2D eigenvalue weighted by atomic mass is 9.98. The Balaban J connectivity index is 2.24. The highest BCUT2D eigenvalue weighted by Gasteiger charge is 2.49. The molecule has 1 aromatic carbocycles. The summed E-state index contributed by atoms with van der Waals surface area (Å²) in [6.45, 7) is -4.14. The van der Waals surface area contributed by atoms with Crippen molar-refractivity contribution in [3.63, 3.8) is 0 Å². The van der Waals surface area contributed by atoms with Gasteiger partial charge in [-0.2, -0.15) is 0 Å². The van der Waals surface area contributed by atoms with Crippen molar-refractivity contribution in [3.05, 3.63) is 35.9 Å². The van der Waals surface area contributed by atoms with Gasteiger partial charge in [-0.15, -0.1) is 0 Å². The molecular formula is C23H28O12. The second-order valence-electron chi connectivity index (χ2n) is 6.92. The van der Waals surface area contributed by atoms with Gasteiger partial charge in [0.15, 0.2) is 6.29 Å². The molecule has 1 aliphatic heterocycles. The quantitative estimate of drug-likeness (QED) is 0.188. The molecule has 12 heteroatoms. The standard InChI is InChI=1S/C23H28O12/c24-6-10-29-15-18-20(30-11-7-25)21(31-12-8-26)22(32-13-9-27)23(35-18)34-16-19(28)33-14-17-4-2-1-3-5-17/h1-9,18,20-23H,10-16H2/t18-,20-,21+,22+,23?/m1/s1/i6D,7D,8D,9D. The molecule has 2 rings (SSSR count). The Hall–Kier alpha value is -2.87. The Labute approximate surface area is 207 Å². The number of hydrogen-bond donors (Lipinski definition) is 0. The molecule has 1 aromatic rings. The van der Waals surface area contributed by atoms with Crippen molar-refractivity contribution < 1.29 is 62.6 Å². The molecule has 0 saturated carbocycles. The van der Waals surface area contributed by atoms with Gasteiger partial charge < -0.3 is 52.3 Å². The minimum Gasteiger partial charge on any atom is -0.459 e. The summed E-state index contributed by atoms with van der Waals surface area (Å²) in [4.78, 5) is 57.2. The van der Waals surface area contributed by atoms with Crippen molar-refractivity contribution >= 4 is 31.0 Å². The third-order valence-corrected chi connectivity index (χ3v) is 4.65. The van der Waals surface area contributed by atoms with E-state index in [1.165, 1.54) is 0 Å². The normalized spacial score (nSPS) is 25.4. The molecule has 0 aromatic heterocycles. The summed E-state index contributed by atoms with van der Waals surface area (Å²) < 4.78 is 66.3. The summed E-state index contributed by atoms with van der Waals surface area (Å²) in [7, 11) is 0. The maximum Gasteiger partial charge on any atom is 0.332 e. The van der Waals surface area contributed by atoms with Crippen molar-refractivity contribution in [2.24, 2.45) is 0 Å². The molecule has 0 spiro atoms. The van der Waals surface area contributed by atoms with Crippen LogP contribution in [0.4, 0.5) is 0 Å². The van der Waals surface area contributed by atoms with Gasteiger partial charge in [0.25, 0.3) is 0 Å². The number of hydrogen-bond acceptors (Lipinski definition) is 12. The van der Waals surface area contributed by atoms with Gasteiger partial charge in [-0.05, 0) is 5.56 Å². The van der Waals surface area contributed by atoms with Gasteiger partial charge in [-0.25, -0.2) is 4.79 Å². The largest absolute Gasteiger partial charge is 0.459 e. The summed E-state index contributed by atoms with van der Waals surface area (Å²) >= 11 is 0. The molecule has 0 amide bonds. The van der Waals surface area contributed by atoms with Crippen LogP contribution in [0.1, 0.15) is 11.0 Å². The Morgan fingerprint density at radius 1 is 0.829 bits per heavy atom. The van der Waals surface area contributed by atoms with Crippen LogP contribution < -0.4 is 0 Å². The Morgan fingerprint density at radius 3 is 2.06 bits per heavy atom. The first kappa shape index (κ1) is 22.6. The van der Waals surface area contributed by atoms with E-state index in [0.29, 0.717) is 5.56 Å². The Morgan fingerprint density at radius 2 is 1.43 bits per heavy atom. The zero-order valence-corrected chi connectivity index (χ0v) is 18.6. The van der Waals surface area contributed by atoms with Gasteiger partial charge in [-0.3, -0.25) is 0 Å². The molecule has 35 heavy (non-hydrogen) atoms. The average molecular weight is 500 g/mol. The van der Waals surface area contributed by atoms with E-state index in [4.69, 9.17) is 38.6 Å². The minimum absolute atomic E-state index is 0.0478. The molecule has 0 radical (unpaired) electrons. The average Bonchev–Trinajstić information content (AvgIpc) is 2.87. The van der Waals surface area contributed by atoms with Gasteiger partial charge in [0.2, 0.25) is 0 Å². The van der Waals surface area contributed by atoms with E-state index in [1.54, 1.807) is 30.3 Å². The van der Waals surface area contributed by atoms with E-state index in [0.717, 1.165) is 0 Å². The molecule has 1 saturated heterocycles. The van der Waals surface area contributed by atoms with E-state index in [-0.39, 0.29) is 6.61 Å². The monoisotopic (exact) mass is 500 g/mol. The Kier molecular flexibility index (Phi) is 10.8. The molecule has 192 valence electrons. The lowest BCUT2D eigenvalue weighted by Crippen LogP contribution is -2.62. The van der Waals surface area contributed by atoms with E-state index in [1.807, 2.05) is 0 Å². The van der Waals surface area contributed by atoms with Crippen molar-refractivity contribution in [1.82, 2.24) is 0 Å². The van der Waals surface area contributed by atoms with Crippen LogP contribution in [0.25, 0.3) is 0 Å². The summed E-state index contributed by atoms with van der Waals surface area (Å²) in [6.07, 6.45) is -11.4. The second-order valence-corrected chi connectivity index (χ2v) is 6.92. The predicted octanol–water partition coefficient (Wildman–Crippen LogP) is -0.561. The van der Waals surface area contributed by atoms with Crippen molar-refractivity contribution in [1.29, 1.82) is 0 Å². The highest BCUT2D eigenvalue weighted by molar-refractivity contribution is 5.70. The highest BCUT2D eigenvalue weighted by atomic mass is 16.7. The molecule has 1 heterocycles. The maximum atomic E-state index is 12.3. The molecule has 1 unspecified atom stereocenters. The number of benzene rings is 1. The fourth-order valence-electron chi connectivity index (χ4n) is 3.25. The van der Waals surface area contributed by atoms with E-state index in [2.05, 4.69) is 0 Å². The summed E-state index contributed by atoms with van der Waals surface area (Å²) in [5.41, 5.74) is 0.716. The smallest absolute Gasteiger partial charge is 0.332 e. The third kappa shape index (κ3) is 9.72. The summed E-state index contributed by atoms with van der Waals surface area (Å²) in [5, 5.41) is 0. The zero-order chi connectivity index (χ0) is 28.8. The molecule has 1 aliphatic rings. The zero-order valence-electron chi connectivity index (χ0n) is 22.6. The molecule has 0 bridgehead atoms. The second kappa shape index (κ2) is 16.7. The van der Waals surface area contributed by atoms with Gasteiger partial charge in [0.05, 0.1) is 6.61 Å². The fourth-order valence-corrected chi connectivity index (χ4v) is 3.25. The van der Waals surface area contributed by atoms with Crippen LogP contribution in [-0.2, 0) is 63.7 Å². The van der Waals surface area contributed by atoms with Crippen LogP contribution in [0.3, 0.4) is 0 Å². The van der Waals surface area contributed by atoms with E-state index >= 15 is 0 Å². The van der Waals surface area contributed by atoms with Crippen LogP contribution in [0, 0.1) is 0 Å². The number of esters is 1. The lowest BCUT2D eigenvalue weighted by Gasteiger charge is -2.45. The first-order valence-electron chi connectivity index (χ1n) is 12.4. The molecule has 0 aliphatic carbocycles. The first-order valence-corrected chi connectivity index (χ1v) is 10.4. The Bertz CT molecular complexity index is 979. The van der Waals surface area contributed by atoms with Crippen LogP contribution in [0.15, 0.2) is 30.3 Å². The molecule has 5 atom stereocenters. The molecule has 1 fully saturated rings. The van der Waals surface area contributed by atoms with Gasteiger partial charge in [0, 0.05) is 0 Å². The molecule has 0 N–H and O–H groups in total. The van der Waals surface area contributed by atoms with Gasteiger partial charge in [0.1, 0.15) is 94.6 Å². The molecular weight excluding hydrogens is 468 g/mol. The van der Waals surface area contributed by atoms with E-state index < -0.39 is 101 Å². The van der Waals surface area contributed by atoms with Crippen LogP contribution in [-0.4, -0.2) is 101 Å². The van der Waals surface area contributed by atoms with Gasteiger partial charge >= 0.3 is 5.97 Å². The third-order valence-electron chi connectivity index (χ3n) is 4.65.